The van der Waals surface area contributed by atoms with Crippen molar-refractivity contribution in [3.63, 3.8) is 0 Å². The molecule has 1 aromatic carbocycles. The monoisotopic (exact) mass is 345 g/mol. The lowest BCUT2D eigenvalue weighted by molar-refractivity contribution is -0.134. The zero-order valence-corrected chi connectivity index (χ0v) is 14.9. The van der Waals surface area contributed by atoms with Crippen molar-refractivity contribution in [3.8, 4) is 0 Å². The first-order valence-corrected chi connectivity index (χ1v) is 9.05. The fourth-order valence-electron chi connectivity index (χ4n) is 3.74. The third kappa shape index (κ3) is 4.58. The summed E-state index contributed by atoms with van der Waals surface area (Å²) in [4.78, 5) is 30.2. The fraction of sp³-hybridized carbons (Fsp3) is 0.579. The average Bonchev–Trinajstić information content (AvgIpc) is 2.62. The summed E-state index contributed by atoms with van der Waals surface area (Å²) in [5, 5.41) is 9.18. The predicted octanol–water partition coefficient (Wildman–Crippen LogP) is 1.34. The summed E-state index contributed by atoms with van der Waals surface area (Å²) in [6, 6.07) is 7.22. The normalized spacial score (nSPS) is 22.8. The molecule has 25 heavy (non-hydrogen) atoms. The number of likely N-dealkylation sites (N-methyl/N-ethyl adjacent to an activating group) is 1. The molecule has 0 aliphatic carbocycles. The number of piperazine rings is 1. The van der Waals surface area contributed by atoms with Gasteiger partial charge in [-0.25, -0.2) is 4.79 Å². The Labute approximate surface area is 149 Å². The van der Waals surface area contributed by atoms with E-state index in [0.717, 1.165) is 57.7 Å². The van der Waals surface area contributed by atoms with E-state index in [1.807, 2.05) is 17.0 Å². The number of carboxylic acids is 1. The van der Waals surface area contributed by atoms with Crippen LogP contribution in [0, 0.1) is 0 Å². The van der Waals surface area contributed by atoms with Crippen LogP contribution in [-0.2, 0) is 4.79 Å². The van der Waals surface area contributed by atoms with Crippen LogP contribution in [0.4, 0.5) is 0 Å². The number of carboxylic acid groups (broad SMARTS) is 1. The highest BCUT2D eigenvalue weighted by atomic mass is 16.4. The van der Waals surface area contributed by atoms with Gasteiger partial charge in [-0.05, 0) is 50.0 Å². The number of hydrogen-bond acceptors (Lipinski definition) is 4. The number of likely N-dealkylation sites (tertiary alicyclic amines) is 1. The first-order valence-electron chi connectivity index (χ1n) is 9.05. The summed E-state index contributed by atoms with van der Waals surface area (Å²) < 4.78 is 0. The minimum Gasteiger partial charge on any atom is -0.478 e. The number of rotatable bonds is 4. The Morgan fingerprint density at radius 3 is 2.64 bits per heavy atom. The summed E-state index contributed by atoms with van der Waals surface area (Å²) in [7, 11) is 2.09. The number of nitrogens with zero attached hydrogens (tertiary/aromatic N) is 3. The van der Waals surface area contributed by atoms with Gasteiger partial charge in [0.15, 0.2) is 0 Å². The van der Waals surface area contributed by atoms with Crippen molar-refractivity contribution in [2.75, 3.05) is 52.9 Å². The Morgan fingerprint density at radius 1 is 1.16 bits per heavy atom. The molecule has 6 heteroatoms. The topological polar surface area (TPSA) is 64.1 Å². The molecule has 1 amide bonds. The van der Waals surface area contributed by atoms with Gasteiger partial charge in [-0.15, -0.1) is 0 Å². The van der Waals surface area contributed by atoms with Crippen LogP contribution in [0.15, 0.2) is 24.3 Å². The number of aromatic carboxylic acids is 1. The summed E-state index contributed by atoms with van der Waals surface area (Å²) in [6.45, 7) is 5.74. The Balaban J connectivity index is 1.58. The summed E-state index contributed by atoms with van der Waals surface area (Å²) in [5.74, 6) is -0.374. The maximum absolute atomic E-state index is 12.5. The second kappa shape index (κ2) is 7.97. The molecule has 2 saturated heterocycles. The molecule has 0 spiro atoms. The van der Waals surface area contributed by atoms with Crippen molar-refractivity contribution < 1.29 is 14.7 Å². The van der Waals surface area contributed by atoms with Crippen LogP contribution >= 0.6 is 0 Å². The van der Waals surface area contributed by atoms with Gasteiger partial charge in [-0.3, -0.25) is 9.69 Å². The molecule has 2 aliphatic rings. The van der Waals surface area contributed by atoms with Crippen LogP contribution in [0.2, 0.25) is 0 Å². The molecule has 2 heterocycles. The zero-order valence-electron chi connectivity index (χ0n) is 14.9. The maximum atomic E-state index is 12.5. The summed E-state index contributed by atoms with van der Waals surface area (Å²) in [6.07, 6.45) is 2.08. The molecule has 136 valence electrons. The molecular weight excluding hydrogens is 318 g/mol. The largest absolute Gasteiger partial charge is 0.478 e. The molecule has 2 fully saturated rings. The van der Waals surface area contributed by atoms with E-state index in [2.05, 4.69) is 16.8 Å². The predicted molar refractivity (Wildman–Crippen MR) is 95.9 cm³/mol. The van der Waals surface area contributed by atoms with Crippen LogP contribution < -0.4 is 0 Å². The van der Waals surface area contributed by atoms with Crippen molar-refractivity contribution >= 4 is 11.9 Å². The van der Waals surface area contributed by atoms with Gasteiger partial charge in [0.05, 0.1) is 12.1 Å². The molecule has 0 aromatic heterocycles. The highest BCUT2D eigenvalue weighted by Gasteiger charge is 2.26. The van der Waals surface area contributed by atoms with Crippen molar-refractivity contribution in [1.82, 2.24) is 14.7 Å². The summed E-state index contributed by atoms with van der Waals surface area (Å²) >= 11 is 0. The lowest BCUT2D eigenvalue weighted by atomic mass is 9.89. The first-order chi connectivity index (χ1) is 12.0. The third-order valence-corrected chi connectivity index (χ3v) is 5.33. The van der Waals surface area contributed by atoms with Gasteiger partial charge in [0, 0.05) is 32.7 Å². The maximum Gasteiger partial charge on any atom is 0.335 e. The number of amides is 1. The SMILES string of the molecule is CN1CCN(C(=O)CN2CCCC(c3cccc(C(=O)O)c3)C2)CC1. The number of carbonyl (C=O) groups excluding carboxylic acids is 1. The molecule has 3 rings (SSSR count). The molecule has 1 atom stereocenters. The van der Waals surface area contributed by atoms with Crippen LogP contribution in [-0.4, -0.2) is 84.5 Å². The molecule has 0 bridgehead atoms. The van der Waals surface area contributed by atoms with E-state index < -0.39 is 5.97 Å². The van der Waals surface area contributed by atoms with E-state index in [1.54, 1.807) is 12.1 Å². The van der Waals surface area contributed by atoms with Crippen LogP contribution in [0.1, 0.15) is 34.7 Å². The van der Waals surface area contributed by atoms with Gasteiger partial charge in [0.1, 0.15) is 0 Å². The first kappa shape index (κ1) is 17.9. The minimum absolute atomic E-state index is 0.216. The van der Waals surface area contributed by atoms with Gasteiger partial charge in [-0.1, -0.05) is 12.1 Å². The Bertz CT molecular complexity index is 626. The van der Waals surface area contributed by atoms with E-state index in [0.29, 0.717) is 18.0 Å². The Morgan fingerprint density at radius 2 is 1.92 bits per heavy atom. The summed E-state index contributed by atoms with van der Waals surface area (Å²) in [5.41, 5.74) is 1.40. The molecule has 1 aromatic rings. The van der Waals surface area contributed by atoms with Crippen molar-refractivity contribution in [2.45, 2.75) is 18.8 Å². The third-order valence-electron chi connectivity index (χ3n) is 5.33. The molecule has 0 saturated carbocycles. The highest BCUT2D eigenvalue weighted by Crippen LogP contribution is 2.27. The van der Waals surface area contributed by atoms with Gasteiger partial charge in [0.2, 0.25) is 5.91 Å². The zero-order chi connectivity index (χ0) is 17.8. The Hall–Kier alpha value is -1.92. The molecule has 0 radical (unpaired) electrons. The number of piperidine rings is 1. The quantitative estimate of drug-likeness (QED) is 0.892. The number of hydrogen-bond donors (Lipinski definition) is 1. The van der Waals surface area contributed by atoms with Crippen molar-refractivity contribution in [2.24, 2.45) is 0 Å². The van der Waals surface area contributed by atoms with Crippen molar-refractivity contribution in [1.29, 1.82) is 0 Å². The van der Waals surface area contributed by atoms with Gasteiger partial charge in [0.25, 0.3) is 0 Å². The number of benzene rings is 1. The van der Waals surface area contributed by atoms with Crippen LogP contribution in [0.3, 0.4) is 0 Å². The molecule has 1 N–H and O–H groups in total. The van der Waals surface area contributed by atoms with Crippen molar-refractivity contribution in [3.05, 3.63) is 35.4 Å². The average molecular weight is 345 g/mol. The van der Waals surface area contributed by atoms with E-state index in [4.69, 9.17) is 0 Å². The lowest BCUT2D eigenvalue weighted by Gasteiger charge is -2.36. The number of carbonyl (C=O) groups is 2. The van der Waals surface area contributed by atoms with E-state index in [9.17, 15) is 14.7 Å². The van der Waals surface area contributed by atoms with Crippen LogP contribution in [0.25, 0.3) is 0 Å². The second-order valence-electron chi connectivity index (χ2n) is 7.19. The molecular formula is C19H27N3O3. The van der Waals surface area contributed by atoms with E-state index >= 15 is 0 Å². The van der Waals surface area contributed by atoms with Gasteiger partial charge in [-0.2, -0.15) is 0 Å². The van der Waals surface area contributed by atoms with Gasteiger partial charge < -0.3 is 14.9 Å². The van der Waals surface area contributed by atoms with Crippen LogP contribution in [0.5, 0.6) is 0 Å². The minimum atomic E-state index is -0.889. The standard InChI is InChI=1S/C19H27N3O3/c1-20-8-10-22(11-9-20)18(23)14-21-7-3-6-17(13-21)15-4-2-5-16(12-15)19(24)25/h2,4-5,12,17H,3,6-11,13-14H2,1H3,(H,24,25). The Kier molecular flexibility index (Phi) is 5.71. The van der Waals surface area contributed by atoms with E-state index in [1.165, 1.54) is 0 Å². The van der Waals surface area contributed by atoms with Gasteiger partial charge >= 0.3 is 5.97 Å². The molecule has 2 aliphatic heterocycles. The molecule has 6 nitrogen and oxygen atoms in total. The lowest BCUT2D eigenvalue weighted by Crippen LogP contribution is -2.51. The fourth-order valence-corrected chi connectivity index (χ4v) is 3.74. The smallest absolute Gasteiger partial charge is 0.335 e. The molecule has 1 unspecified atom stereocenters. The van der Waals surface area contributed by atoms with E-state index in [-0.39, 0.29) is 5.91 Å². The highest BCUT2D eigenvalue weighted by molar-refractivity contribution is 5.87. The second-order valence-corrected chi connectivity index (χ2v) is 7.19.